The number of sulfonamides is 1. The van der Waals surface area contributed by atoms with Crippen LogP contribution in [-0.2, 0) is 23.0 Å². The Morgan fingerprint density at radius 2 is 2.00 bits per heavy atom. The highest BCUT2D eigenvalue weighted by atomic mass is 32.2. The number of benzene rings is 1. The van der Waals surface area contributed by atoms with Crippen LogP contribution in [0, 0.1) is 0 Å². The molecule has 0 bridgehead atoms. The Balaban J connectivity index is 1.96. The first-order valence-electron chi connectivity index (χ1n) is 6.89. The van der Waals surface area contributed by atoms with Crippen molar-refractivity contribution in [1.82, 2.24) is 20.0 Å². The Morgan fingerprint density at radius 3 is 2.62 bits per heavy atom. The molecule has 0 aliphatic carbocycles. The zero-order valence-electron chi connectivity index (χ0n) is 12.0. The molecule has 3 N–H and O–H groups in total. The van der Waals surface area contributed by atoms with Crippen molar-refractivity contribution in [2.75, 3.05) is 13.1 Å². The minimum absolute atomic E-state index is 0.150. The van der Waals surface area contributed by atoms with E-state index in [9.17, 15) is 8.42 Å². The molecule has 0 saturated carbocycles. The molecule has 0 radical (unpaired) electrons. The molecule has 0 saturated heterocycles. The Labute approximate surface area is 125 Å². The molecule has 0 fully saturated rings. The molecule has 0 atom stereocenters. The smallest absolute Gasteiger partial charge is 0.240 e. The van der Waals surface area contributed by atoms with Gasteiger partial charge in [0.05, 0.1) is 11.4 Å². The molecule has 2 rings (SSSR count). The number of H-pyrrole nitrogens is 1. The maximum Gasteiger partial charge on any atom is 0.240 e. The van der Waals surface area contributed by atoms with Crippen LogP contribution >= 0.6 is 0 Å². The van der Waals surface area contributed by atoms with Crippen molar-refractivity contribution in [3.05, 3.63) is 48.0 Å². The van der Waals surface area contributed by atoms with Crippen molar-refractivity contribution in [2.45, 2.75) is 24.8 Å². The molecule has 114 valence electrons. The van der Waals surface area contributed by atoms with Crippen molar-refractivity contribution < 1.29 is 8.42 Å². The molecular formula is C14H20N4O2S. The Morgan fingerprint density at radius 1 is 1.24 bits per heavy atom. The van der Waals surface area contributed by atoms with E-state index in [2.05, 4.69) is 26.9 Å². The quantitative estimate of drug-likeness (QED) is 0.636. The van der Waals surface area contributed by atoms with Gasteiger partial charge in [-0.25, -0.2) is 18.1 Å². The molecule has 1 heterocycles. The molecule has 21 heavy (non-hydrogen) atoms. The van der Waals surface area contributed by atoms with Gasteiger partial charge in [0.1, 0.15) is 5.82 Å². The lowest BCUT2D eigenvalue weighted by molar-refractivity contribution is 0.579. The zero-order valence-corrected chi connectivity index (χ0v) is 12.8. The third-order valence-electron chi connectivity index (χ3n) is 3.06. The highest BCUT2D eigenvalue weighted by molar-refractivity contribution is 7.89. The van der Waals surface area contributed by atoms with Gasteiger partial charge in [0.15, 0.2) is 0 Å². The fourth-order valence-electron chi connectivity index (χ4n) is 1.89. The van der Waals surface area contributed by atoms with Crippen molar-refractivity contribution in [2.24, 2.45) is 0 Å². The van der Waals surface area contributed by atoms with Crippen LogP contribution in [0.3, 0.4) is 0 Å². The highest BCUT2D eigenvalue weighted by Gasteiger charge is 2.13. The lowest BCUT2D eigenvalue weighted by Gasteiger charge is -2.07. The first kappa shape index (κ1) is 15.7. The monoisotopic (exact) mass is 308 g/mol. The van der Waals surface area contributed by atoms with E-state index in [1.165, 1.54) is 0 Å². The average Bonchev–Trinajstić information content (AvgIpc) is 3.00. The summed E-state index contributed by atoms with van der Waals surface area (Å²) in [4.78, 5) is 7.10. The summed E-state index contributed by atoms with van der Waals surface area (Å²) >= 11 is 0. The summed E-state index contributed by atoms with van der Waals surface area (Å²) in [5.41, 5.74) is 1.11. The van der Waals surface area contributed by atoms with Gasteiger partial charge in [-0.3, -0.25) is 0 Å². The molecule has 0 amide bonds. The van der Waals surface area contributed by atoms with Gasteiger partial charge in [-0.1, -0.05) is 19.1 Å². The Kier molecular flexibility index (Phi) is 5.49. The maximum atomic E-state index is 12.1. The third-order valence-corrected chi connectivity index (χ3v) is 4.48. The molecule has 1 aromatic carbocycles. The third kappa shape index (κ3) is 4.66. The minimum Gasteiger partial charge on any atom is -0.347 e. The van der Waals surface area contributed by atoms with Crippen molar-refractivity contribution in [1.29, 1.82) is 0 Å². The summed E-state index contributed by atoms with van der Waals surface area (Å²) in [5.74, 6) is 0.584. The van der Waals surface area contributed by atoms with E-state index >= 15 is 0 Å². The Bertz CT molecular complexity index is 636. The summed E-state index contributed by atoms with van der Waals surface area (Å²) in [6.07, 6.45) is 4.12. The molecule has 1 aromatic heterocycles. The van der Waals surface area contributed by atoms with E-state index in [0.717, 1.165) is 25.1 Å². The largest absolute Gasteiger partial charge is 0.347 e. The van der Waals surface area contributed by atoms with Crippen LogP contribution in [0.25, 0.3) is 0 Å². The van der Waals surface area contributed by atoms with Crippen LogP contribution in [0.1, 0.15) is 18.3 Å². The fourth-order valence-corrected chi connectivity index (χ4v) is 2.87. The number of hydrogen-bond donors (Lipinski definition) is 3. The number of aromatic nitrogens is 2. The van der Waals surface area contributed by atoms with E-state index in [-0.39, 0.29) is 11.4 Å². The number of nitrogens with zero attached hydrogens (tertiary/aromatic N) is 1. The molecule has 6 nitrogen and oxygen atoms in total. The Hall–Kier alpha value is -1.70. The molecular weight excluding hydrogens is 288 g/mol. The molecule has 0 aliphatic rings. The molecule has 0 aliphatic heterocycles. The van der Waals surface area contributed by atoms with Gasteiger partial charge in [-0.05, 0) is 37.2 Å². The lowest BCUT2D eigenvalue weighted by atomic mass is 10.1. The maximum absolute atomic E-state index is 12.1. The molecule has 0 spiro atoms. The minimum atomic E-state index is -3.50. The summed E-state index contributed by atoms with van der Waals surface area (Å²) in [6, 6.07) is 6.95. The van der Waals surface area contributed by atoms with E-state index in [1.54, 1.807) is 24.5 Å². The van der Waals surface area contributed by atoms with E-state index in [4.69, 9.17) is 0 Å². The standard InChI is InChI=1S/C14H20N4O2S/c1-2-15-8-7-12-3-5-13(6-4-12)21(19,20)18-11-14-16-9-10-17-14/h3-6,9-10,15,18H,2,7-8,11H2,1H3,(H,16,17). The first-order valence-corrected chi connectivity index (χ1v) is 8.37. The summed E-state index contributed by atoms with van der Waals surface area (Å²) in [5, 5.41) is 3.24. The lowest BCUT2D eigenvalue weighted by Crippen LogP contribution is -2.23. The van der Waals surface area contributed by atoms with E-state index in [1.807, 2.05) is 12.1 Å². The van der Waals surface area contributed by atoms with Gasteiger partial charge >= 0.3 is 0 Å². The van der Waals surface area contributed by atoms with Crippen LogP contribution in [0.15, 0.2) is 41.6 Å². The highest BCUT2D eigenvalue weighted by Crippen LogP contribution is 2.11. The fraction of sp³-hybridized carbons (Fsp3) is 0.357. The van der Waals surface area contributed by atoms with Crippen LogP contribution in [0.5, 0.6) is 0 Å². The van der Waals surface area contributed by atoms with Gasteiger partial charge in [-0.15, -0.1) is 0 Å². The van der Waals surface area contributed by atoms with Gasteiger partial charge in [0, 0.05) is 12.4 Å². The SMILES string of the molecule is CCNCCc1ccc(S(=O)(=O)NCc2ncc[nH]2)cc1. The molecule has 2 aromatic rings. The number of hydrogen-bond acceptors (Lipinski definition) is 4. The van der Waals surface area contributed by atoms with Crippen molar-refractivity contribution in [3.8, 4) is 0 Å². The number of nitrogens with one attached hydrogen (secondary N) is 3. The molecule has 0 unspecified atom stereocenters. The molecule has 7 heteroatoms. The van der Waals surface area contributed by atoms with E-state index in [0.29, 0.717) is 5.82 Å². The van der Waals surface area contributed by atoms with Crippen LogP contribution in [0.2, 0.25) is 0 Å². The summed E-state index contributed by atoms with van der Waals surface area (Å²) in [7, 11) is -3.50. The normalized spacial score (nSPS) is 11.7. The van der Waals surface area contributed by atoms with Crippen molar-refractivity contribution in [3.63, 3.8) is 0 Å². The predicted octanol–water partition coefficient (Wildman–Crippen LogP) is 1.04. The number of rotatable bonds is 8. The van der Waals surface area contributed by atoms with Gasteiger partial charge in [-0.2, -0.15) is 0 Å². The number of aromatic amines is 1. The first-order chi connectivity index (χ1) is 10.1. The number of imidazole rings is 1. The van der Waals surface area contributed by atoms with Gasteiger partial charge in [0.2, 0.25) is 10.0 Å². The van der Waals surface area contributed by atoms with Crippen molar-refractivity contribution >= 4 is 10.0 Å². The van der Waals surface area contributed by atoms with Crippen LogP contribution < -0.4 is 10.0 Å². The van der Waals surface area contributed by atoms with Crippen LogP contribution in [-0.4, -0.2) is 31.5 Å². The summed E-state index contributed by atoms with van der Waals surface area (Å²) < 4.78 is 26.8. The van der Waals surface area contributed by atoms with Gasteiger partial charge in [0.25, 0.3) is 0 Å². The topological polar surface area (TPSA) is 86.9 Å². The average molecular weight is 308 g/mol. The second-order valence-electron chi connectivity index (χ2n) is 4.61. The van der Waals surface area contributed by atoms with Gasteiger partial charge < -0.3 is 10.3 Å². The summed E-state index contributed by atoms with van der Waals surface area (Å²) in [6.45, 7) is 4.03. The predicted molar refractivity (Wildman–Crippen MR) is 81.3 cm³/mol. The number of likely N-dealkylation sites (N-methyl/N-ethyl adjacent to an activating group) is 1. The second-order valence-corrected chi connectivity index (χ2v) is 6.37. The second kappa shape index (κ2) is 7.35. The zero-order chi connectivity index (χ0) is 15.1. The van der Waals surface area contributed by atoms with E-state index < -0.39 is 10.0 Å². The van der Waals surface area contributed by atoms with Crippen LogP contribution in [0.4, 0.5) is 0 Å².